The number of carbonyl (C=O) groups excluding carboxylic acids is 1. The maximum absolute atomic E-state index is 13.6. The van der Waals surface area contributed by atoms with Crippen LogP contribution in [-0.2, 0) is 26.0 Å². The molecule has 1 amide bonds. The quantitative estimate of drug-likeness (QED) is 0.410. The van der Waals surface area contributed by atoms with Crippen molar-refractivity contribution >= 4 is 27.3 Å². The summed E-state index contributed by atoms with van der Waals surface area (Å²) >= 11 is 1.68. The number of amides is 1. The molecule has 186 valence electrons. The first-order chi connectivity index (χ1) is 16.9. The Morgan fingerprint density at radius 2 is 1.86 bits per heavy atom. The summed E-state index contributed by atoms with van der Waals surface area (Å²) in [7, 11) is -2.36. The van der Waals surface area contributed by atoms with Gasteiger partial charge in [0.25, 0.3) is 0 Å². The summed E-state index contributed by atoms with van der Waals surface area (Å²) < 4.78 is 39.2. The topological polar surface area (TPSA) is 76.2 Å². The molecule has 0 fully saturated rings. The van der Waals surface area contributed by atoms with Gasteiger partial charge in [-0.15, -0.1) is 11.3 Å². The van der Waals surface area contributed by atoms with Crippen LogP contribution in [-0.4, -0.2) is 63.5 Å². The van der Waals surface area contributed by atoms with Gasteiger partial charge >= 0.3 is 0 Å². The zero-order valence-electron chi connectivity index (χ0n) is 19.9. The molecule has 1 aliphatic heterocycles. The molecule has 7 nitrogen and oxygen atoms in total. The van der Waals surface area contributed by atoms with Gasteiger partial charge in [0, 0.05) is 25.1 Å². The van der Waals surface area contributed by atoms with Gasteiger partial charge in [-0.1, -0.05) is 35.9 Å². The van der Waals surface area contributed by atoms with E-state index >= 15 is 0 Å². The number of para-hydroxylation sites is 1. The van der Waals surface area contributed by atoms with E-state index in [1.54, 1.807) is 40.5 Å². The van der Waals surface area contributed by atoms with Crippen LogP contribution >= 0.6 is 11.3 Å². The van der Waals surface area contributed by atoms with Crippen molar-refractivity contribution in [1.82, 2.24) is 9.21 Å². The summed E-state index contributed by atoms with van der Waals surface area (Å²) in [6, 6.07) is 17.9. The number of hydrogen-bond acceptors (Lipinski definition) is 6. The molecule has 35 heavy (non-hydrogen) atoms. The molecular weight excluding hydrogens is 484 g/mol. The molecule has 1 aromatic heterocycles. The highest BCUT2D eigenvalue weighted by atomic mass is 32.2. The van der Waals surface area contributed by atoms with E-state index in [9.17, 15) is 13.2 Å². The fourth-order valence-corrected chi connectivity index (χ4v) is 6.45. The molecule has 1 aliphatic rings. The second-order valence-electron chi connectivity index (χ2n) is 8.42. The third kappa shape index (κ3) is 5.92. The number of methoxy groups -OCH3 is 1. The van der Waals surface area contributed by atoms with Crippen LogP contribution < -0.4 is 4.74 Å². The largest absolute Gasteiger partial charge is 0.491 e. The molecule has 0 aliphatic carbocycles. The number of nitrogens with zero attached hydrogens (tertiary/aromatic N) is 2. The summed E-state index contributed by atoms with van der Waals surface area (Å²) in [5.41, 5.74) is 2.03. The molecule has 9 heteroatoms. The average molecular weight is 515 g/mol. The lowest BCUT2D eigenvalue weighted by Crippen LogP contribution is -2.48. The smallest absolute Gasteiger partial charge is 0.243 e. The van der Waals surface area contributed by atoms with Crippen LogP contribution in [0.5, 0.6) is 5.75 Å². The first kappa shape index (κ1) is 25.4. The van der Waals surface area contributed by atoms with Gasteiger partial charge < -0.3 is 14.4 Å². The van der Waals surface area contributed by atoms with E-state index in [4.69, 9.17) is 9.47 Å². The Kier molecular flexibility index (Phi) is 8.22. The van der Waals surface area contributed by atoms with Crippen molar-refractivity contribution in [3.05, 3.63) is 82.0 Å². The lowest BCUT2D eigenvalue weighted by atomic mass is 10.0. The monoisotopic (exact) mass is 514 g/mol. The van der Waals surface area contributed by atoms with Gasteiger partial charge in [0.15, 0.2) is 0 Å². The summed E-state index contributed by atoms with van der Waals surface area (Å²) in [4.78, 5) is 16.7. The Hall–Kier alpha value is -2.72. The second-order valence-corrected chi connectivity index (χ2v) is 11.4. The van der Waals surface area contributed by atoms with E-state index in [2.05, 4.69) is 0 Å². The lowest BCUT2D eigenvalue weighted by Gasteiger charge is -2.37. The van der Waals surface area contributed by atoms with E-state index in [1.807, 2.05) is 48.7 Å². The SMILES string of the molecule is COCCN(CC(=O)N1CCc2sccc2C1COc1ccccc1)S(=O)(=O)c1ccc(C)cc1. The van der Waals surface area contributed by atoms with Gasteiger partial charge in [-0.3, -0.25) is 4.79 Å². The number of rotatable bonds is 10. The van der Waals surface area contributed by atoms with Crippen LogP contribution in [0.2, 0.25) is 0 Å². The predicted octanol–water partition coefficient (Wildman–Crippen LogP) is 3.90. The maximum atomic E-state index is 13.6. The highest BCUT2D eigenvalue weighted by Crippen LogP contribution is 2.34. The van der Waals surface area contributed by atoms with Crippen molar-refractivity contribution in [1.29, 1.82) is 0 Å². The molecular formula is C26H30N2O5S2. The summed E-state index contributed by atoms with van der Waals surface area (Å²) in [6.45, 7) is 2.71. The Bertz CT molecular complexity index is 1230. The number of thiophene rings is 1. The zero-order valence-corrected chi connectivity index (χ0v) is 21.6. The minimum Gasteiger partial charge on any atom is -0.491 e. The Morgan fingerprint density at radius 3 is 2.57 bits per heavy atom. The second kappa shape index (κ2) is 11.3. The molecule has 0 saturated heterocycles. The molecule has 2 aromatic carbocycles. The summed E-state index contributed by atoms with van der Waals surface area (Å²) in [5.74, 6) is 0.473. The van der Waals surface area contributed by atoms with Crippen LogP contribution in [0, 0.1) is 6.92 Å². The third-order valence-corrected chi connectivity index (χ3v) is 8.94. The van der Waals surface area contributed by atoms with Crippen LogP contribution in [0.25, 0.3) is 0 Å². The van der Waals surface area contributed by atoms with Crippen molar-refractivity contribution in [2.45, 2.75) is 24.3 Å². The molecule has 1 atom stereocenters. The number of benzene rings is 2. The number of sulfonamides is 1. The van der Waals surface area contributed by atoms with Crippen LogP contribution in [0.1, 0.15) is 22.0 Å². The number of aryl methyl sites for hydroxylation is 1. The van der Waals surface area contributed by atoms with Gasteiger partial charge in [0.1, 0.15) is 12.4 Å². The van der Waals surface area contributed by atoms with Crippen LogP contribution in [0.4, 0.5) is 0 Å². The molecule has 3 aromatic rings. The number of fused-ring (bicyclic) bond motifs is 1. The van der Waals surface area contributed by atoms with Crippen molar-refractivity contribution in [2.75, 3.05) is 40.0 Å². The Balaban J connectivity index is 1.56. The van der Waals surface area contributed by atoms with Gasteiger partial charge in [0.2, 0.25) is 15.9 Å². The number of hydrogen-bond donors (Lipinski definition) is 0. The van der Waals surface area contributed by atoms with Crippen molar-refractivity contribution in [3.8, 4) is 5.75 Å². The standard InChI is InChI=1S/C26H30N2O5S2/c1-20-8-10-22(11-9-20)35(30,31)27(15-16-32-2)18-26(29)28-14-12-25-23(13-17-34-25)24(28)19-33-21-6-4-3-5-7-21/h3-11,13,17,24H,12,14-16,18-19H2,1-2H3. The van der Waals surface area contributed by atoms with Gasteiger partial charge in [-0.2, -0.15) is 4.31 Å². The van der Waals surface area contributed by atoms with E-state index in [-0.39, 0.29) is 36.5 Å². The van der Waals surface area contributed by atoms with E-state index < -0.39 is 10.0 Å². The highest BCUT2D eigenvalue weighted by Gasteiger charge is 2.35. The first-order valence-electron chi connectivity index (χ1n) is 11.5. The zero-order chi connectivity index (χ0) is 24.8. The fourth-order valence-electron chi connectivity index (χ4n) is 4.14. The molecule has 0 spiro atoms. The molecule has 0 saturated carbocycles. The Morgan fingerprint density at radius 1 is 1.11 bits per heavy atom. The lowest BCUT2D eigenvalue weighted by molar-refractivity contribution is -0.135. The average Bonchev–Trinajstić information content (AvgIpc) is 3.35. The van der Waals surface area contributed by atoms with E-state index in [0.717, 1.165) is 23.3 Å². The van der Waals surface area contributed by atoms with Crippen molar-refractivity contribution in [3.63, 3.8) is 0 Å². The van der Waals surface area contributed by atoms with E-state index in [1.165, 1.54) is 16.3 Å². The van der Waals surface area contributed by atoms with Gasteiger partial charge in [-0.05, 0) is 54.6 Å². The third-order valence-electron chi connectivity index (χ3n) is 6.08. The van der Waals surface area contributed by atoms with Crippen LogP contribution in [0.3, 0.4) is 0 Å². The van der Waals surface area contributed by atoms with Crippen molar-refractivity contribution in [2.24, 2.45) is 0 Å². The van der Waals surface area contributed by atoms with Gasteiger partial charge in [0.05, 0.1) is 24.1 Å². The minimum atomic E-state index is -3.87. The predicted molar refractivity (Wildman–Crippen MR) is 136 cm³/mol. The maximum Gasteiger partial charge on any atom is 0.243 e. The molecule has 0 N–H and O–H groups in total. The van der Waals surface area contributed by atoms with Crippen molar-refractivity contribution < 1.29 is 22.7 Å². The van der Waals surface area contributed by atoms with Crippen LogP contribution in [0.15, 0.2) is 70.9 Å². The molecule has 1 unspecified atom stereocenters. The molecule has 0 radical (unpaired) electrons. The summed E-state index contributed by atoms with van der Waals surface area (Å²) in [5, 5.41) is 2.03. The van der Waals surface area contributed by atoms with E-state index in [0.29, 0.717) is 13.2 Å². The Labute approximate surface area is 210 Å². The fraction of sp³-hybridized carbons (Fsp3) is 0.346. The highest BCUT2D eigenvalue weighted by molar-refractivity contribution is 7.89. The molecule has 0 bridgehead atoms. The molecule has 2 heterocycles. The van der Waals surface area contributed by atoms with Gasteiger partial charge in [-0.25, -0.2) is 8.42 Å². The number of carbonyl (C=O) groups is 1. The molecule has 4 rings (SSSR count). The minimum absolute atomic E-state index is 0.0845. The first-order valence-corrected chi connectivity index (χ1v) is 13.8. The summed E-state index contributed by atoms with van der Waals surface area (Å²) in [6.07, 6.45) is 0.739. The number of ether oxygens (including phenoxy) is 2. The normalized spacial score (nSPS) is 15.7.